The lowest BCUT2D eigenvalue weighted by atomic mass is 10.0. The summed E-state index contributed by atoms with van der Waals surface area (Å²) in [7, 11) is 0. The van der Waals surface area contributed by atoms with E-state index in [4.69, 9.17) is 9.26 Å². The maximum atomic E-state index is 12.5. The summed E-state index contributed by atoms with van der Waals surface area (Å²) >= 11 is 0. The number of hydrogen-bond acceptors (Lipinski definition) is 6. The number of carbonyl (C=O) groups excluding carboxylic acids is 1. The minimum absolute atomic E-state index is 0.0253. The smallest absolute Gasteiger partial charge is 0.227 e. The third kappa shape index (κ3) is 3.73. The number of amides is 1. The van der Waals surface area contributed by atoms with Crippen molar-refractivity contribution in [2.24, 2.45) is 0 Å². The Balaban J connectivity index is 1.57. The first-order chi connectivity index (χ1) is 11.0. The molecule has 0 unspecified atom stereocenters. The molecule has 0 bridgehead atoms. The van der Waals surface area contributed by atoms with Crippen LogP contribution in [0.1, 0.15) is 23.4 Å². The molecule has 0 saturated carbocycles. The van der Waals surface area contributed by atoms with Gasteiger partial charge in [0.15, 0.2) is 0 Å². The summed E-state index contributed by atoms with van der Waals surface area (Å²) in [4.78, 5) is 16.5. The van der Waals surface area contributed by atoms with Gasteiger partial charge in [-0.2, -0.15) is 0 Å². The average molecular weight is 323 g/mol. The molecule has 2 fully saturated rings. The third-order valence-electron chi connectivity index (χ3n) is 4.82. The molecule has 23 heavy (non-hydrogen) atoms. The molecule has 1 amide bonds. The van der Waals surface area contributed by atoms with E-state index in [9.17, 15) is 9.90 Å². The molecule has 128 valence electrons. The van der Waals surface area contributed by atoms with Crippen LogP contribution in [0.25, 0.3) is 0 Å². The van der Waals surface area contributed by atoms with Crippen molar-refractivity contribution < 1.29 is 19.2 Å². The second-order valence-electron chi connectivity index (χ2n) is 6.66. The molecule has 0 spiro atoms. The van der Waals surface area contributed by atoms with Crippen molar-refractivity contribution in [3.8, 4) is 0 Å². The summed E-state index contributed by atoms with van der Waals surface area (Å²) in [5, 5.41) is 14.7. The molecule has 2 aliphatic rings. The molecule has 3 heterocycles. The van der Waals surface area contributed by atoms with E-state index >= 15 is 0 Å². The standard InChI is InChI=1S/C16H25N3O4/c1-12-14(13(2)23-17-12)9-15(20)19-4-3-16(21,11-19)10-18-5-7-22-8-6-18/h21H,3-11H2,1-2H3/t16-/m0/s1. The largest absolute Gasteiger partial charge is 0.387 e. The summed E-state index contributed by atoms with van der Waals surface area (Å²) in [5.74, 6) is 0.718. The molecule has 7 nitrogen and oxygen atoms in total. The summed E-state index contributed by atoms with van der Waals surface area (Å²) < 4.78 is 10.4. The zero-order chi connectivity index (χ0) is 16.4. The minimum atomic E-state index is -0.814. The van der Waals surface area contributed by atoms with Crippen LogP contribution < -0.4 is 0 Å². The molecule has 2 saturated heterocycles. The van der Waals surface area contributed by atoms with Gasteiger partial charge in [0.2, 0.25) is 5.91 Å². The summed E-state index contributed by atoms with van der Waals surface area (Å²) in [6, 6.07) is 0. The lowest BCUT2D eigenvalue weighted by molar-refractivity contribution is -0.130. The highest BCUT2D eigenvalue weighted by Gasteiger charge is 2.39. The number of rotatable bonds is 4. The van der Waals surface area contributed by atoms with E-state index in [1.165, 1.54) is 0 Å². The summed E-state index contributed by atoms with van der Waals surface area (Å²) in [6.07, 6.45) is 0.909. The van der Waals surface area contributed by atoms with Gasteiger partial charge in [-0.15, -0.1) is 0 Å². The van der Waals surface area contributed by atoms with Crippen LogP contribution >= 0.6 is 0 Å². The van der Waals surface area contributed by atoms with Crippen molar-refractivity contribution in [3.05, 3.63) is 17.0 Å². The van der Waals surface area contributed by atoms with Gasteiger partial charge in [0, 0.05) is 31.7 Å². The van der Waals surface area contributed by atoms with Gasteiger partial charge in [-0.3, -0.25) is 9.69 Å². The molecule has 1 atom stereocenters. The topological polar surface area (TPSA) is 79.0 Å². The summed E-state index contributed by atoms with van der Waals surface area (Å²) in [6.45, 7) is 8.38. The van der Waals surface area contributed by atoms with E-state index in [0.717, 1.165) is 24.3 Å². The first-order valence-corrected chi connectivity index (χ1v) is 8.19. The highest BCUT2D eigenvalue weighted by Crippen LogP contribution is 2.24. The molecule has 0 aliphatic carbocycles. The predicted molar refractivity (Wildman–Crippen MR) is 83.1 cm³/mol. The Morgan fingerprint density at radius 1 is 1.30 bits per heavy atom. The fourth-order valence-corrected chi connectivity index (χ4v) is 3.39. The second-order valence-corrected chi connectivity index (χ2v) is 6.66. The third-order valence-corrected chi connectivity index (χ3v) is 4.82. The van der Waals surface area contributed by atoms with Crippen LogP contribution in [0.4, 0.5) is 0 Å². The maximum absolute atomic E-state index is 12.5. The van der Waals surface area contributed by atoms with E-state index in [2.05, 4.69) is 10.1 Å². The van der Waals surface area contributed by atoms with Crippen LogP contribution in [0.2, 0.25) is 0 Å². The monoisotopic (exact) mass is 323 g/mol. The van der Waals surface area contributed by atoms with Crippen LogP contribution in [0.3, 0.4) is 0 Å². The SMILES string of the molecule is Cc1noc(C)c1CC(=O)N1CC[C@](O)(CN2CCOCC2)C1. The molecule has 3 rings (SSSR count). The molecule has 0 aromatic carbocycles. The summed E-state index contributed by atoms with van der Waals surface area (Å²) in [5.41, 5.74) is 0.809. The predicted octanol–water partition coefficient (Wildman–Crippen LogP) is 0.130. The van der Waals surface area contributed by atoms with Crippen molar-refractivity contribution in [1.29, 1.82) is 0 Å². The lowest BCUT2D eigenvalue weighted by Crippen LogP contribution is -2.49. The zero-order valence-electron chi connectivity index (χ0n) is 13.9. The van der Waals surface area contributed by atoms with Crippen molar-refractivity contribution in [3.63, 3.8) is 0 Å². The Hall–Kier alpha value is -1.44. The Labute approximate surface area is 136 Å². The number of carbonyl (C=O) groups is 1. The first-order valence-electron chi connectivity index (χ1n) is 8.19. The van der Waals surface area contributed by atoms with Crippen molar-refractivity contribution in [1.82, 2.24) is 15.0 Å². The van der Waals surface area contributed by atoms with Gasteiger partial charge >= 0.3 is 0 Å². The van der Waals surface area contributed by atoms with Gasteiger partial charge in [-0.1, -0.05) is 5.16 Å². The number of likely N-dealkylation sites (tertiary alicyclic amines) is 1. The molecule has 1 N–H and O–H groups in total. The highest BCUT2D eigenvalue weighted by atomic mass is 16.5. The van der Waals surface area contributed by atoms with Gasteiger partial charge < -0.3 is 19.3 Å². The van der Waals surface area contributed by atoms with Crippen LogP contribution in [0, 0.1) is 13.8 Å². The average Bonchev–Trinajstić information content (AvgIpc) is 3.06. The number of hydrogen-bond donors (Lipinski definition) is 1. The molecular weight excluding hydrogens is 298 g/mol. The van der Waals surface area contributed by atoms with E-state index in [1.54, 1.807) is 4.90 Å². The quantitative estimate of drug-likeness (QED) is 0.848. The van der Waals surface area contributed by atoms with Crippen molar-refractivity contribution >= 4 is 5.91 Å². The van der Waals surface area contributed by atoms with Crippen LogP contribution in [-0.2, 0) is 16.0 Å². The number of β-amino-alcohol motifs (C(OH)–C–C–N with tert-alkyl or cyclic N) is 1. The Morgan fingerprint density at radius 3 is 2.70 bits per heavy atom. The fraction of sp³-hybridized carbons (Fsp3) is 0.750. The highest BCUT2D eigenvalue weighted by molar-refractivity contribution is 5.79. The Bertz CT molecular complexity index is 548. The number of morpholine rings is 1. The lowest BCUT2D eigenvalue weighted by Gasteiger charge is -2.33. The van der Waals surface area contributed by atoms with E-state index in [1.807, 2.05) is 13.8 Å². The van der Waals surface area contributed by atoms with Crippen LogP contribution in [0.15, 0.2) is 4.52 Å². The number of aliphatic hydroxyl groups is 1. The normalized spacial score (nSPS) is 26.0. The Kier molecular flexibility index (Phi) is 4.70. The number of ether oxygens (including phenoxy) is 1. The van der Waals surface area contributed by atoms with Gasteiger partial charge in [-0.25, -0.2) is 0 Å². The molecule has 2 aliphatic heterocycles. The van der Waals surface area contributed by atoms with Gasteiger partial charge in [0.25, 0.3) is 0 Å². The molecule has 1 aromatic heterocycles. The van der Waals surface area contributed by atoms with Gasteiger partial charge in [0.1, 0.15) is 5.76 Å². The Morgan fingerprint density at radius 2 is 2.04 bits per heavy atom. The number of aromatic nitrogens is 1. The zero-order valence-corrected chi connectivity index (χ0v) is 13.9. The number of nitrogens with zero attached hydrogens (tertiary/aromatic N) is 3. The van der Waals surface area contributed by atoms with Crippen molar-refractivity contribution in [2.45, 2.75) is 32.3 Å². The van der Waals surface area contributed by atoms with Gasteiger partial charge in [0.05, 0.1) is 37.5 Å². The molecule has 7 heteroatoms. The van der Waals surface area contributed by atoms with E-state index < -0.39 is 5.60 Å². The minimum Gasteiger partial charge on any atom is -0.387 e. The van der Waals surface area contributed by atoms with E-state index in [-0.39, 0.29) is 12.3 Å². The number of aryl methyl sites for hydroxylation is 2. The van der Waals surface area contributed by atoms with Crippen LogP contribution in [0.5, 0.6) is 0 Å². The second kappa shape index (κ2) is 6.59. The first kappa shape index (κ1) is 16.4. The fourth-order valence-electron chi connectivity index (χ4n) is 3.39. The van der Waals surface area contributed by atoms with E-state index in [0.29, 0.717) is 45.0 Å². The molecule has 1 aromatic rings. The van der Waals surface area contributed by atoms with Gasteiger partial charge in [-0.05, 0) is 20.3 Å². The van der Waals surface area contributed by atoms with Crippen molar-refractivity contribution in [2.75, 3.05) is 45.9 Å². The van der Waals surface area contributed by atoms with Crippen LogP contribution in [-0.4, -0.2) is 77.5 Å². The molecule has 0 radical (unpaired) electrons. The molecular formula is C16H25N3O4. The maximum Gasteiger partial charge on any atom is 0.227 e.